The number of alkyl halides is 3. The van der Waals surface area contributed by atoms with Gasteiger partial charge in [-0.2, -0.15) is 0 Å². The third-order valence-corrected chi connectivity index (χ3v) is 2.66. The number of hydrogen-bond donors (Lipinski definition) is 1. The second kappa shape index (κ2) is 7.17. The first-order chi connectivity index (χ1) is 8.19. The molecule has 0 heterocycles. The Balaban J connectivity index is 0.00000324. The second-order valence-electron chi connectivity index (χ2n) is 4.00. The number of hydrogen-bond acceptors (Lipinski definition) is 2. The van der Waals surface area contributed by atoms with E-state index in [1.807, 2.05) is 0 Å². The Hall–Kier alpha value is -0.720. The van der Waals surface area contributed by atoms with Gasteiger partial charge in [-0.15, -0.1) is 32.2 Å². The molecule has 1 aromatic carbocycles. The summed E-state index contributed by atoms with van der Waals surface area (Å²) in [6.07, 6.45) is -4.34. The summed E-state index contributed by atoms with van der Waals surface area (Å²) in [7, 11) is 0. The summed E-state index contributed by atoms with van der Waals surface area (Å²) in [4.78, 5) is 0. The van der Waals surface area contributed by atoms with Gasteiger partial charge in [0.05, 0.1) is 0 Å². The van der Waals surface area contributed by atoms with E-state index in [-0.39, 0.29) is 18.2 Å². The van der Waals surface area contributed by atoms with Crippen LogP contribution in [-0.4, -0.2) is 6.36 Å². The van der Waals surface area contributed by atoms with E-state index in [9.17, 15) is 13.2 Å². The highest BCUT2D eigenvalue weighted by Crippen LogP contribution is 2.33. The maximum absolute atomic E-state index is 12.3. The number of halogens is 5. The van der Waals surface area contributed by atoms with Crippen molar-refractivity contribution in [2.45, 2.75) is 25.7 Å². The molecule has 7 heteroatoms. The first-order valence-corrected chi connectivity index (χ1v) is 5.93. The van der Waals surface area contributed by atoms with Crippen molar-refractivity contribution in [3.63, 3.8) is 0 Å². The van der Waals surface area contributed by atoms with Crippen LogP contribution >= 0.6 is 28.3 Å². The zero-order valence-corrected chi connectivity index (χ0v) is 12.5. The van der Waals surface area contributed by atoms with E-state index in [1.54, 1.807) is 6.92 Å². The van der Waals surface area contributed by atoms with Crippen LogP contribution in [0.5, 0.6) is 5.75 Å². The molecule has 0 aromatic heterocycles. The van der Waals surface area contributed by atoms with Gasteiger partial charge in [-0.25, -0.2) is 0 Å². The molecule has 0 bridgehead atoms. The van der Waals surface area contributed by atoms with Crippen LogP contribution in [0.2, 0.25) is 0 Å². The third kappa shape index (κ3) is 6.31. The molecular formula is C12H14BrClF3NO. The molecule has 19 heavy (non-hydrogen) atoms. The summed E-state index contributed by atoms with van der Waals surface area (Å²) in [6, 6.07) is 3.65. The monoisotopic (exact) mass is 359 g/mol. The van der Waals surface area contributed by atoms with Gasteiger partial charge in [0.1, 0.15) is 5.75 Å². The van der Waals surface area contributed by atoms with Crippen molar-refractivity contribution in [2.24, 2.45) is 5.73 Å². The van der Waals surface area contributed by atoms with Crippen molar-refractivity contribution in [2.75, 3.05) is 0 Å². The molecule has 0 saturated carbocycles. The Morgan fingerprint density at radius 1 is 1.47 bits per heavy atom. The fourth-order valence-corrected chi connectivity index (χ4v) is 1.89. The molecule has 108 valence electrons. The van der Waals surface area contributed by atoms with Gasteiger partial charge in [-0.3, -0.25) is 0 Å². The molecule has 1 aromatic rings. The minimum absolute atomic E-state index is 0. The molecular weight excluding hydrogens is 346 g/mol. The molecule has 0 unspecified atom stereocenters. The van der Waals surface area contributed by atoms with Gasteiger partial charge in [-0.05, 0) is 31.5 Å². The zero-order valence-electron chi connectivity index (χ0n) is 10.1. The van der Waals surface area contributed by atoms with Gasteiger partial charge in [0.15, 0.2) is 0 Å². The maximum Gasteiger partial charge on any atom is 0.573 e. The summed E-state index contributed by atoms with van der Waals surface area (Å²) >= 11 is 3.20. The molecule has 0 fully saturated rings. The smallest absolute Gasteiger partial charge is 0.405 e. The summed E-state index contributed by atoms with van der Waals surface area (Å²) in [5, 5.41) is 0. The Morgan fingerprint density at radius 2 is 2.05 bits per heavy atom. The highest BCUT2D eigenvalue weighted by atomic mass is 79.9. The molecule has 1 rings (SSSR count). The third-order valence-electron chi connectivity index (χ3n) is 2.17. The minimum atomic E-state index is -4.73. The standard InChI is InChI=1S/C12H13BrF3NO.ClH/c1-7(2)5-10(17)9-6-8(13)3-4-11(9)18-12(14,15)16;/h3-4,6,10H,1,5,17H2,2H3;1H/t10-;/m1./s1. The van der Waals surface area contributed by atoms with E-state index in [0.29, 0.717) is 16.5 Å². The van der Waals surface area contributed by atoms with Crippen molar-refractivity contribution in [3.05, 3.63) is 40.4 Å². The van der Waals surface area contributed by atoms with Crippen LogP contribution in [0, 0.1) is 0 Å². The molecule has 0 saturated heterocycles. The number of benzene rings is 1. The van der Waals surface area contributed by atoms with Gasteiger partial charge in [-0.1, -0.05) is 21.5 Å². The first kappa shape index (κ1) is 18.3. The van der Waals surface area contributed by atoms with E-state index in [0.717, 1.165) is 5.57 Å². The van der Waals surface area contributed by atoms with E-state index in [2.05, 4.69) is 27.2 Å². The van der Waals surface area contributed by atoms with Gasteiger partial charge in [0.25, 0.3) is 0 Å². The van der Waals surface area contributed by atoms with Crippen molar-refractivity contribution in [1.82, 2.24) is 0 Å². The van der Waals surface area contributed by atoms with Crippen LogP contribution in [-0.2, 0) is 0 Å². The van der Waals surface area contributed by atoms with Crippen LogP contribution in [0.3, 0.4) is 0 Å². The molecule has 2 nitrogen and oxygen atoms in total. The van der Waals surface area contributed by atoms with Gasteiger partial charge in [0, 0.05) is 16.1 Å². The van der Waals surface area contributed by atoms with Crippen LogP contribution in [0.15, 0.2) is 34.8 Å². The summed E-state index contributed by atoms with van der Waals surface area (Å²) < 4.78 is 41.4. The summed E-state index contributed by atoms with van der Waals surface area (Å²) in [5.41, 5.74) is 6.94. The number of ether oxygens (including phenoxy) is 1. The van der Waals surface area contributed by atoms with Crippen molar-refractivity contribution in [3.8, 4) is 5.75 Å². The number of nitrogens with two attached hydrogens (primary N) is 1. The summed E-state index contributed by atoms with van der Waals surface area (Å²) in [5.74, 6) is -0.278. The lowest BCUT2D eigenvalue weighted by molar-refractivity contribution is -0.275. The minimum Gasteiger partial charge on any atom is -0.405 e. The quantitative estimate of drug-likeness (QED) is 0.788. The van der Waals surface area contributed by atoms with Crippen molar-refractivity contribution in [1.29, 1.82) is 0 Å². The molecule has 0 spiro atoms. The van der Waals surface area contributed by atoms with Crippen LogP contribution < -0.4 is 10.5 Å². The molecule has 2 N–H and O–H groups in total. The highest BCUT2D eigenvalue weighted by Gasteiger charge is 2.32. The average molecular weight is 361 g/mol. The molecule has 0 amide bonds. The second-order valence-corrected chi connectivity index (χ2v) is 4.91. The molecule has 0 aliphatic heterocycles. The van der Waals surface area contributed by atoms with Gasteiger partial charge in [0.2, 0.25) is 0 Å². The molecule has 1 atom stereocenters. The highest BCUT2D eigenvalue weighted by molar-refractivity contribution is 9.10. The Morgan fingerprint density at radius 3 is 2.53 bits per heavy atom. The first-order valence-electron chi connectivity index (χ1n) is 5.14. The van der Waals surface area contributed by atoms with E-state index in [1.165, 1.54) is 18.2 Å². The largest absolute Gasteiger partial charge is 0.573 e. The lowest BCUT2D eigenvalue weighted by Gasteiger charge is -2.18. The van der Waals surface area contributed by atoms with E-state index in [4.69, 9.17) is 5.73 Å². The Bertz CT molecular complexity index is 451. The number of rotatable bonds is 4. The predicted molar refractivity (Wildman–Crippen MR) is 74.4 cm³/mol. The van der Waals surface area contributed by atoms with Crippen molar-refractivity contribution >= 4 is 28.3 Å². The Labute approximate surface area is 124 Å². The zero-order chi connectivity index (χ0) is 13.9. The van der Waals surface area contributed by atoms with E-state index >= 15 is 0 Å². The topological polar surface area (TPSA) is 35.2 Å². The van der Waals surface area contributed by atoms with Gasteiger partial charge < -0.3 is 10.5 Å². The average Bonchev–Trinajstić information content (AvgIpc) is 2.17. The summed E-state index contributed by atoms with van der Waals surface area (Å²) in [6.45, 7) is 5.46. The Kier molecular flexibility index (Phi) is 6.89. The molecule has 0 radical (unpaired) electrons. The lowest BCUT2D eigenvalue weighted by atomic mass is 10.0. The van der Waals surface area contributed by atoms with E-state index < -0.39 is 12.4 Å². The fourth-order valence-electron chi connectivity index (χ4n) is 1.51. The van der Waals surface area contributed by atoms with Crippen LogP contribution in [0.4, 0.5) is 13.2 Å². The SMILES string of the molecule is C=C(C)C[C@@H](N)c1cc(Br)ccc1OC(F)(F)F.Cl. The predicted octanol–water partition coefficient (Wildman–Crippen LogP) is 4.74. The normalized spacial score (nSPS) is 12.5. The fraction of sp³-hybridized carbons (Fsp3) is 0.333. The molecule has 0 aliphatic rings. The maximum atomic E-state index is 12.3. The van der Waals surface area contributed by atoms with Crippen molar-refractivity contribution < 1.29 is 17.9 Å². The van der Waals surface area contributed by atoms with Gasteiger partial charge >= 0.3 is 6.36 Å². The van der Waals surface area contributed by atoms with Crippen LogP contribution in [0.1, 0.15) is 24.9 Å². The molecule has 0 aliphatic carbocycles. The lowest BCUT2D eigenvalue weighted by Crippen LogP contribution is -2.20. The van der Waals surface area contributed by atoms with Crippen LogP contribution in [0.25, 0.3) is 0 Å².